The number of aliphatic hydroxyl groups is 1. The number of hydrogen-bond acceptors (Lipinski definition) is 4. The number of hydrogen-bond donors (Lipinski definition) is 1. The van der Waals surface area contributed by atoms with Crippen molar-refractivity contribution in [2.45, 2.75) is 18.8 Å². The zero-order chi connectivity index (χ0) is 11.1. The molecule has 1 rings (SSSR count). The Balaban J connectivity index is 3.09. The van der Waals surface area contributed by atoms with E-state index < -0.39 is 23.8 Å². The van der Waals surface area contributed by atoms with E-state index in [0.717, 1.165) is 4.90 Å². The minimum absolute atomic E-state index is 0.492. The minimum atomic E-state index is -1.70. The number of methoxy groups -OCH3 is 1. The fourth-order valence-electron chi connectivity index (χ4n) is 1.63. The molecule has 1 fully saturated rings. The zero-order valence-corrected chi connectivity index (χ0v) is 8.64. The van der Waals surface area contributed by atoms with Gasteiger partial charge in [-0.2, -0.15) is 0 Å². The van der Waals surface area contributed by atoms with Gasteiger partial charge in [-0.15, -0.1) is 0 Å². The Morgan fingerprint density at radius 1 is 1.43 bits per heavy atom. The van der Waals surface area contributed by atoms with Crippen LogP contribution in [-0.4, -0.2) is 59.9 Å². The molecule has 6 nitrogen and oxygen atoms in total. The van der Waals surface area contributed by atoms with Gasteiger partial charge in [0.15, 0.2) is 11.8 Å². The molecular weight excluding hydrogens is 188 g/mol. The number of carbonyl (C=O) groups excluding carboxylic acids is 2. The van der Waals surface area contributed by atoms with Gasteiger partial charge in [0.25, 0.3) is 5.91 Å². The number of carbonyl (C=O) groups is 2. The summed E-state index contributed by atoms with van der Waals surface area (Å²) < 4.78 is 4.92. The molecule has 0 saturated carbocycles. The van der Waals surface area contributed by atoms with Crippen molar-refractivity contribution in [1.82, 2.24) is 9.80 Å². The molecule has 0 aromatic rings. The fourth-order valence-corrected chi connectivity index (χ4v) is 1.63. The van der Waals surface area contributed by atoms with Crippen LogP contribution in [0.2, 0.25) is 0 Å². The number of amides is 3. The van der Waals surface area contributed by atoms with Gasteiger partial charge in [0.05, 0.1) is 0 Å². The molecule has 1 saturated heterocycles. The van der Waals surface area contributed by atoms with Crippen molar-refractivity contribution in [2.24, 2.45) is 0 Å². The molecule has 6 heteroatoms. The fraction of sp³-hybridized carbons (Fsp3) is 0.750. The zero-order valence-electron chi connectivity index (χ0n) is 8.64. The van der Waals surface area contributed by atoms with Crippen LogP contribution in [0.1, 0.15) is 6.92 Å². The van der Waals surface area contributed by atoms with Crippen molar-refractivity contribution in [3.8, 4) is 0 Å². The largest absolute Gasteiger partial charge is 0.376 e. The van der Waals surface area contributed by atoms with Gasteiger partial charge in [-0.1, -0.05) is 0 Å². The molecule has 0 unspecified atom stereocenters. The summed E-state index contributed by atoms with van der Waals surface area (Å²) in [5, 5.41) is 9.85. The van der Waals surface area contributed by atoms with Crippen LogP contribution in [0, 0.1) is 0 Å². The van der Waals surface area contributed by atoms with Crippen LogP contribution >= 0.6 is 0 Å². The molecule has 0 aromatic carbocycles. The topological polar surface area (TPSA) is 70.1 Å². The molecule has 1 aliphatic heterocycles. The van der Waals surface area contributed by atoms with E-state index in [4.69, 9.17) is 4.74 Å². The maximum atomic E-state index is 11.5. The summed E-state index contributed by atoms with van der Waals surface area (Å²) in [6, 6.07) is -0.492. The summed E-state index contributed by atoms with van der Waals surface area (Å²) in [5.41, 5.74) is -1.70. The van der Waals surface area contributed by atoms with Crippen molar-refractivity contribution >= 4 is 11.9 Å². The van der Waals surface area contributed by atoms with Crippen LogP contribution in [0.25, 0.3) is 0 Å². The summed E-state index contributed by atoms with van der Waals surface area (Å²) in [6.07, 6.45) is -0.946. The summed E-state index contributed by atoms with van der Waals surface area (Å²) in [5.74, 6) is -0.660. The molecule has 1 heterocycles. The second-order valence-corrected chi connectivity index (χ2v) is 3.49. The molecule has 0 bridgehead atoms. The number of ether oxygens (including phenoxy) is 1. The second kappa shape index (κ2) is 3.21. The van der Waals surface area contributed by atoms with Crippen LogP contribution in [0.15, 0.2) is 0 Å². The highest BCUT2D eigenvalue weighted by Crippen LogP contribution is 2.24. The Hall–Kier alpha value is -1.14. The smallest absolute Gasteiger partial charge is 0.328 e. The van der Waals surface area contributed by atoms with E-state index in [9.17, 15) is 14.7 Å². The molecule has 14 heavy (non-hydrogen) atoms. The van der Waals surface area contributed by atoms with Gasteiger partial charge in [-0.25, -0.2) is 4.79 Å². The monoisotopic (exact) mass is 202 g/mol. The predicted octanol–water partition coefficient (Wildman–Crippen LogP) is -0.766. The number of urea groups is 1. The van der Waals surface area contributed by atoms with Gasteiger partial charge < -0.3 is 9.84 Å². The summed E-state index contributed by atoms with van der Waals surface area (Å²) in [6.45, 7) is 1.32. The van der Waals surface area contributed by atoms with E-state index in [1.165, 1.54) is 33.0 Å². The van der Waals surface area contributed by atoms with Crippen LogP contribution < -0.4 is 0 Å². The molecule has 1 aliphatic rings. The van der Waals surface area contributed by atoms with Gasteiger partial charge in [-0.05, 0) is 6.92 Å². The van der Waals surface area contributed by atoms with Crippen molar-refractivity contribution in [1.29, 1.82) is 0 Å². The van der Waals surface area contributed by atoms with Gasteiger partial charge in [-0.3, -0.25) is 14.6 Å². The van der Waals surface area contributed by atoms with Gasteiger partial charge >= 0.3 is 6.03 Å². The first-order chi connectivity index (χ1) is 6.34. The highest BCUT2D eigenvalue weighted by molar-refractivity contribution is 6.01. The lowest BCUT2D eigenvalue weighted by Crippen LogP contribution is -2.68. The standard InChI is InChI=1S/C8H14N2O4/c1-8(13)5(11)9(2)7(12)10(3)6(8)14-4/h6,13H,1-4H3/t6-,8-/m1/s1. The lowest BCUT2D eigenvalue weighted by Gasteiger charge is -2.43. The van der Waals surface area contributed by atoms with E-state index in [2.05, 4.69) is 0 Å². The van der Waals surface area contributed by atoms with Gasteiger partial charge in [0.1, 0.15) is 0 Å². The molecule has 0 aromatic heterocycles. The quantitative estimate of drug-likeness (QED) is 0.606. The van der Waals surface area contributed by atoms with Crippen molar-refractivity contribution in [3.63, 3.8) is 0 Å². The molecule has 2 atom stereocenters. The third kappa shape index (κ3) is 1.27. The summed E-state index contributed by atoms with van der Waals surface area (Å²) >= 11 is 0. The van der Waals surface area contributed by atoms with E-state index in [-0.39, 0.29) is 0 Å². The number of imide groups is 1. The lowest BCUT2D eigenvalue weighted by atomic mass is 10.00. The average Bonchev–Trinajstić information content (AvgIpc) is 2.13. The van der Waals surface area contributed by atoms with Crippen LogP contribution in [0.5, 0.6) is 0 Å². The third-order valence-electron chi connectivity index (χ3n) is 2.38. The molecular formula is C8H14N2O4. The molecule has 0 spiro atoms. The minimum Gasteiger partial charge on any atom is -0.376 e. The molecule has 0 aliphatic carbocycles. The summed E-state index contributed by atoms with van der Waals surface area (Å²) in [4.78, 5) is 25.0. The Morgan fingerprint density at radius 3 is 2.36 bits per heavy atom. The van der Waals surface area contributed by atoms with E-state index >= 15 is 0 Å². The number of nitrogens with zero attached hydrogens (tertiary/aromatic N) is 2. The molecule has 0 radical (unpaired) electrons. The van der Waals surface area contributed by atoms with Crippen LogP contribution in [0.4, 0.5) is 4.79 Å². The van der Waals surface area contributed by atoms with Crippen molar-refractivity contribution in [3.05, 3.63) is 0 Å². The van der Waals surface area contributed by atoms with Crippen molar-refractivity contribution < 1.29 is 19.4 Å². The SMILES string of the molecule is CO[C@H]1N(C)C(=O)N(C)C(=O)[C@@]1(C)O. The first-order valence-corrected chi connectivity index (χ1v) is 4.14. The Morgan fingerprint density at radius 2 is 1.93 bits per heavy atom. The second-order valence-electron chi connectivity index (χ2n) is 3.49. The van der Waals surface area contributed by atoms with E-state index in [0.29, 0.717) is 0 Å². The Labute approximate surface area is 82.0 Å². The van der Waals surface area contributed by atoms with Crippen LogP contribution in [0.3, 0.4) is 0 Å². The lowest BCUT2D eigenvalue weighted by molar-refractivity contribution is -0.185. The highest BCUT2D eigenvalue weighted by atomic mass is 16.5. The van der Waals surface area contributed by atoms with Crippen LogP contribution in [-0.2, 0) is 9.53 Å². The Bertz CT molecular complexity index is 277. The van der Waals surface area contributed by atoms with Gasteiger partial charge in [0, 0.05) is 21.2 Å². The average molecular weight is 202 g/mol. The molecule has 1 N–H and O–H groups in total. The van der Waals surface area contributed by atoms with Gasteiger partial charge in [0.2, 0.25) is 0 Å². The predicted molar refractivity (Wildman–Crippen MR) is 47.3 cm³/mol. The maximum Gasteiger partial charge on any atom is 0.328 e. The normalized spacial score (nSPS) is 33.9. The first-order valence-electron chi connectivity index (χ1n) is 4.14. The maximum absolute atomic E-state index is 11.5. The summed E-state index contributed by atoms with van der Waals surface area (Å²) in [7, 11) is 4.12. The molecule has 3 amide bonds. The van der Waals surface area contributed by atoms with E-state index in [1.807, 2.05) is 0 Å². The van der Waals surface area contributed by atoms with Crippen molar-refractivity contribution in [2.75, 3.05) is 21.2 Å². The first kappa shape index (κ1) is 10.9. The molecule has 80 valence electrons. The number of rotatable bonds is 1. The third-order valence-corrected chi connectivity index (χ3v) is 2.38. The number of likely N-dealkylation sites (N-methyl/N-ethyl adjacent to an activating group) is 2. The highest BCUT2D eigenvalue weighted by Gasteiger charge is 2.51. The Kier molecular flexibility index (Phi) is 2.51. The van der Waals surface area contributed by atoms with E-state index in [1.54, 1.807) is 0 Å².